The Morgan fingerprint density at radius 2 is 1.97 bits per heavy atom. The molecule has 2 aromatic heterocycles. The van der Waals surface area contributed by atoms with Crippen molar-refractivity contribution in [2.24, 2.45) is 11.8 Å². The Hall–Kier alpha value is -3.00. The first-order valence-corrected chi connectivity index (χ1v) is 11.4. The molecule has 5 rings (SSSR count). The Labute approximate surface area is 192 Å². The average molecular weight is 455 g/mol. The maximum atomic E-state index is 6.08. The summed E-state index contributed by atoms with van der Waals surface area (Å²) < 4.78 is 13.0. The van der Waals surface area contributed by atoms with Gasteiger partial charge in [0.05, 0.1) is 7.11 Å². The van der Waals surface area contributed by atoms with Crippen LogP contribution >= 0.6 is 11.6 Å². The molecule has 0 radical (unpaired) electrons. The minimum Gasteiger partial charge on any atom is -0.481 e. The molecule has 1 aliphatic heterocycles. The molecule has 8 nitrogen and oxygen atoms in total. The van der Waals surface area contributed by atoms with Gasteiger partial charge in [-0.25, -0.2) is 9.67 Å². The largest absolute Gasteiger partial charge is 0.481 e. The first kappa shape index (κ1) is 20.9. The van der Waals surface area contributed by atoms with Crippen molar-refractivity contribution < 1.29 is 9.47 Å². The zero-order valence-corrected chi connectivity index (χ0v) is 19.0. The van der Waals surface area contributed by atoms with E-state index in [1.165, 1.54) is 12.8 Å². The van der Waals surface area contributed by atoms with Crippen LogP contribution in [0.25, 0.3) is 0 Å². The highest BCUT2D eigenvalue weighted by Crippen LogP contribution is 2.40. The van der Waals surface area contributed by atoms with Crippen molar-refractivity contribution in [3.63, 3.8) is 0 Å². The van der Waals surface area contributed by atoms with Crippen LogP contribution in [0.5, 0.6) is 17.6 Å². The standard InChI is InChI=1S/C23H27ClN6O2/c1-3-30-23(32-19-6-4-5-17(24)11-19)27-22(28-30)26-21-15-7-8-16(21)14-29(13-15)18-9-10-25-20(12-18)31-2/h4-6,9-12,15-16,21H,3,7-8,13-14H2,1-2H3,(H,26,28)/t15-,16+,21?. The third-order valence-corrected chi connectivity index (χ3v) is 6.60. The SMILES string of the molecule is CCn1nc(NC2[C@@H]3CC[C@H]2CN(c2ccnc(OC)c2)C3)nc1Oc1cccc(Cl)c1. The fraction of sp³-hybridized carbons (Fsp3) is 0.435. The molecule has 1 aliphatic carbocycles. The molecule has 3 aromatic rings. The minimum absolute atomic E-state index is 0.349. The number of nitrogens with zero attached hydrogens (tertiary/aromatic N) is 5. The first-order valence-electron chi connectivity index (χ1n) is 11.0. The molecule has 2 bridgehead atoms. The third kappa shape index (κ3) is 4.19. The highest BCUT2D eigenvalue weighted by atomic mass is 35.5. The number of benzene rings is 1. The van der Waals surface area contributed by atoms with Crippen molar-refractivity contribution in [2.45, 2.75) is 32.4 Å². The lowest BCUT2D eigenvalue weighted by molar-refractivity contribution is 0.374. The topological polar surface area (TPSA) is 77.3 Å². The summed E-state index contributed by atoms with van der Waals surface area (Å²) in [6, 6.07) is 12.2. The molecule has 9 heteroatoms. The van der Waals surface area contributed by atoms with Crippen LogP contribution < -0.4 is 19.7 Å². The Balaban J connectivity index is 1.29. The minimum atomic E-state index is 0.349. The molecule has 2 fully saturated rings. The lowest BCUT2D eigenvalue weighted by Gasteiger charge is -2.39. The number of nitrogens with one attached hydrogen (secondary N) is 1. The number of rotatable bonds is 7. The van der Waals surface area contributed by atoms with Gasteiger partial charge in [0.25, 0.3) is 0 Å². The van der Waals surface area contributed by atoms with Gasteiger partial charge in [0.15, 0.2) is 0 Å². The molecule has 3 atom stereocenters. The smallest absolute Gasteiger partial charge is 0.322 e. The van der Waals surface area contributed by atoms with Gasteiger partial charge in [0.1, 0.15) is 5.75 Å². The lowest BCUT2D eigenvalue weighted by atomic mass is 9.92. The van der Waals surface area contributed by atoms with E-state index in [2.05, 4.69) is 31.3 Å². The zero-order chi connectivity index (χ0) is 22.1. The fourth-order valence-corrected chi connectivity index (χ4v) is 5.01. The molecule has 0 spiro atoms. The number of halogens is 1. The average Bonchev–Trinajstić information content (AvgIpc) is 3.28. The van der Waals surface area contributed by atoms with E-state index in [-0.39, 0.29) is 0 Å². The lowest BCUT2D eigenvalue weighted by Crippen LogP contribution is -2.48. The van der Waals surface area contributed by atoms with Crippen LogP contribution in [0.3, 0.4) is 0 Å². The van der Waals surface area contributed by atoms with E-state index < -0.39 is 0 Å². The van der Waals surface area contributed by atoms with E-state index in [0.29, 0.717) is 53.0 Å². The van der Waals surface area contributed by atoms with Gasteiger partial charge in [-0.3, -0.25) is 0 Å². The van der Waals surface area contributed by atoms with Crippen LogP contribution in [-0.2, 0) is 6.54 Å². The molecule has 3 heterocycles. The Kier molecular flexibility index (Phi) is 5.78. The van der Waals surface area contributed by atoms with Crippen LogP contribution in [0, 0.1) is 11.8 Å². The molecule has 1 saturated heterocycles. The summed E-state index contributed by atoms with van der Waals surface area (Å²) in [6.07, 6.45) is 4.20. The molecule has 1 N–H and O–H groups in total. The van der Waals surface area contributed by atoms with Gasteiger partial charge in [-0.1, -0.05) is 17.7 Å². The molecule has 2 aliphatic rings. The number of aryl methyl sites for hydroxylation is 1. The molecular weight excluding hydrogens is 428 g/mol. The predicted molar refractivity (Wildman–Crippen MR) is 124 cm³/mol. The van der Waals surface area contributed by atoms with Crippen molar-refractivity contribution in [2.75, 3.05) is 30.4 Å². The highest BCUT2D eigenvalue weighted by Gasteiger charge is 2.42. The van der Waals surface area contributed by atoms with Gasteiger partial charge in [0, 0.05) is 48.6 Å². The monoisotopic (exact) mass is 454 g/mol. The Morgan fingerprint density at radius 1 is 1.16 bits per heavy atom. The van der Waals surface area contributed by atoms with E-state index in [0.717, 1.165) is 18.8 Å². The first-order chi connectivity index (χ1) is 15.6. The third-order valence-electron chi connectivity index (χ3n) is 6.36. The van der Waals surface area contributed by atoms with Crippen molar-refractivity contribution >= 4 is 23.2 Å². The summed E-state index contributed by atoms with van der Waals surface area (Å²) in [7, 11) is 1.65. The number of piperidine rings is 1. The summed E-state index contributed by atoms with van der Waals surface area (Å²) >= 11 is 6.08. The summed E-state index contributed by atoms with van der Waals surface area (Å²) in [5.74, 6) is 2.96. The number of anilines is 2. The number of ether oxygens (including phenoxy) is 2. The van der Waals surface area contributed by atoms with E-state index in [1.54, 1.807) is 17.9 Å². The maximum Gasteiger partial charge on any atom is 0.322 e. The normalized spacial score (nSPS) is 22.1. The quantitative estimate of drug-likeness (QED) is 0.564. The molecule has 0 amide bonds. The van der Waals surface area contributed by atoms with Gasteiger partial charge >= 0.3 is 6.01 Å². The fourth-order valence-electron chi connectivity index (χ4n) is 4.83. The van der Waals surface area contributed by atoms with Gasteiger partial charge < -0.3 is 19.7 Å². The van der Waals surface area contributed by atoms with Crippen molar-refractivity contribution in [3.05, 3.63) is 47.6 Å². The number of methoxy groups -OCH3 is 1. The number of hydrogen-bond donors (Lipinski definition) is 1. The van der Waals surface area contributed by atoms with Crippen LogP contribution in [0.15, 0.2) is 42.6 Å². The van der Waals surface area contributed by atoms with E-state index in [9.17, 15) is 0 Å². The van der Waals surface area contributed by atoms with Crippen molar-refractivity contribution in [1.29, 1.82) is 0 Å². The maximum absolute atomic E-state index is 6.08. The molecule has 1 saturated carbocycles. The second-order valence-electron chi connectivity index (χ2n) is 8.32. The number of fused-ring (bicyclic) bond motifs is 2. The van der Waals surface area contributed by atoms with Gasteiger partial charge in [-0.05, 0) is 55.9 Å². The van der Waals surface area contributed by atoms with Crippen LogP contribution in [0.1, 0.15) is 19.8 Å². The molecular formula is C23H27ClN6O2. The van der Waals surface area contributed by atoms with Crippen LogP contribution in [-0.4, -0.2) is 46.0 Å². The highest BCUT2D eigenvalue weighted by molar-refractivity contribution is 6.30. The van der Waals surface area contributed by atoms with Crippen molar-refractivity contribution in [3.8, 4) is 17.6 Å². The summed E-state index contributed by atoms with van der Waals surface area (Å²) in [6.45, 7) is 4.66. The zero-order valence-electron chi connectivity index (χ0n) is 18.2. The van der Waals surface area contributed by atoms with Gasteiger partial charge in [-0.2, -0.15) is 4.98 Å². The Bertz CT molecular complexity index is 1080. The van der Waals surface area contributed by atoms with Crippen LogP contribution in [0.4, 0.5) is 11.6 Å². The number of hydrogen-bond acceptors (Lipinski definition) is 7. The number of aromatic nitrogens is 4. The number of pyridine rings is 1. The van der Waals surface area contributed by atoms with Gasteiger partial charge in [-0.15, -0.1) is 5.10 Å². The van der Waals surface area contributed by atoms with E-state index in [4.69, 9.17) is 21.1 Å². The summed E-state index contributed by atoms with van der Waals surface area (Å²) in [5, 5.41) is 8.88. The second-order valence-corrected chi connectivity index (χ2v) is 8.76. The predicted octanol–water partition coefficient (Wildman–Crippen LogP) is 4.47. The van der Waals surface area contributed by atoms with E-state index >= 15 is 0 Å². The second kappa shape index (κ2) is 8.86. The summed E-state index contributed by atoms with van der Waals surface area (Å²) in [4.78, 5) is 11.3. The molecule has 1 aromatic carbocycles. The molecule has 1 unspecified atom stereocenters. The summed E-state index contributed by atoms with van der Waals surface area (Å²) in [5.41, 5.74) is 1.16. The van der Waals surface area contributed by atoms with Gasteiger partial charge in [0.2, 0.25) is 11.8 Å². The van der Waals surface area contributed by atoms with Crippen LogP contribution in [0.2, 0.25) is 5.02 Å². The van der Waals surface area contributed by atoms with E-state index in [1.807, 2.05) is 37.4 Å². The molecule has 32 heavy (non-hydrogen) atoms. The van der Waals surface area contributed by atoms with Crippen molar-refractivity contribution in [1.82, 2.24) is 19.7 Å². The molecule has 168 valence electrons. The Morgan fingerprint density at radius 3 is 2.69 bits per heavy atom.